The van der Waals surface area contributed by atoms with Gasteiger partial charge < -0.3 is 5.32 Å². The molecule has 0 aromatic heterocycles. The van der Waals surface area contributed by atoms with Crippen molar-refractivity contribution in [2.45, 2.75) is 38.1 Å². The van der Waals surface area contributed by atoms with Gasteiger partial charge in [-0.3, -0.25) is 0 Å². The summed E-state index contributed by atoms with van der Waals surface area (Å²) in [6.07, 6.45) is 6.39. The summed E-state index contributed by atoms with van der Waals surface area (Å²) >= 11 is 6.16. The summed E-state index contributed by atoms with van der Waals surface area (Å²) < 4.78 is 0. The molecule has 0 radical (unpaired) electrons. The molecule has 1 aliphatic rings. The lowest BCUT2D eigenvalue weighted by Crippen LogP contribution is -2.30. The van der Waals surface area contributed by atoms with Crippen molar-refractivity contribution >= 4 is 11.6 Å². The second-order valence-corrected chi connectivity index (χ2v) is 4.70. The van der Waals surface area contributed by atoms with Gasteiger partial charge in [-0.05, 0) is 37.4 Å². The van der Waals surface area contributed by atoms with Gasteiger partial charge in [0.25, 0.3) is 0 Å². The molecule has 1 heterocycles. The van der Waals surface area contributed by atoms with Crippen LogP contribution in [0.2, 0.25) is 5.02 Å². The largest absolute Gasteiger partial charge is 0.314 e. The highest BCUT2D eigenvalue weighted by atomic mass is 35.5. The van der Waals surface area contributed by atoms with Gasteiger partial charge in [-0.1, -0.05) is 42.6 Å². The van der Waals surface area contributed by atoms with Crippen LogP contribution in [0.15, 0.2) is 24.3 Å². The van der Waals surface area contributed by atoms with Crippen molar-refractivity contribution in [3.8, 4) is 0 Å². The van der Waals surface area contributed by atoms with Gasteiger partial charge in [-0.2, -0.15) is 0 Å². The fraction of sp³-hybridized carbons (Fsp3) is 0.538. The Morgan fingerprint density at radius 2 is 2.07 bits per heavy atom. The Kier molecular flexibility index (Phi) is 4.04. The first kappa shape index (κ1) is 11.0. The SMILES string of the molecule is Clc1ccccc1CC1CCCCCN1. The summed E-state index contributed by atoms with van der Waals surface area (Å²) in [7, 11) is 0. The molecule has 15 heavy (non-hydrogen) atoms. The van der Waals surface area contributed by atoms with Crippen molar-refractivity contribution in [3.05, 3.63) is 34.9 Å². The Labute approximate surface area is 96.8 Å². The summed E-state index contributed by atoms with van der Waals surface area (Å²) in [5, 5.41) is 4.50. The highest BCUT2D eigenvalue weighted by Crippen LogP contribution is 2.19. The van der Waals surface area contributed by atoms with Gasteiger partial charge in [-0.15, -0.1) is 0 Å². The van der Waals surface area contributed by atoms with E-state index in [0.717, 1.165) is 18.0 Å². The molecular formula is C13H18ClN. The van der Waals surface area contributed by atoms with Gasteiger partial charge in [0.1, 0.15) is 0 Å². The molecule has 1 nitrogen and oxygen atoms in total. The van der Waals surface area contributed by atoms with Crippen LogP contribution in [-0.2, 0) is 6.42 Å². The molecule has 1 aliphatic heterocycles. The predicted molar refractivity (Wildman–Crippen MR) is 65.4 cm³/mol. The summed E-state index contributed by atoms with van der Waals surface area (Å²) in [4.78, 5) is 0. The van der Waals surface area contributed by atoms with E-state index in [9.17, 15) is 0 Å². The minimum atomic E-state index is 0.618. The number of halogens is 1. The Morgan fingerprint density at radius 3 is 2.93 bits per heavy atom. The lowest BCUT2D eigenvalue weighted by atomic mass is 10.0. The number of rotatable bonds is 2. The predicted octanol–water partition coefficient (Wildman–Crippen LogP) is 3.41. The van der Waals surface area contributed by atoms with E-state index in [4.69, 9.17) is 11.6 Å². The van der Waals surface area contributed by atoms with Gasteiger partial charge >= 0.3 is 0 Å². The van der Waals surface area contributed by atoms with Gasteiger partial charge in [0.15, 0.2) is 0 Å². The van der Waals surface area contributed by atoms with Crippen molar-refractivity contribution in [2.24, 2.45) is 0 Å². The van der Waals surface area contributed by atoms with Crippen LogP contribution in [0.4, 0.5) is 0 Å². The van der Waals surface area contributed by atoms with Crippen molar-refractivity contribution < 1.29 is 0 Å². The van der Waals surface area contributed by atoms with Crippen LogP contribution in [0, 0.1) is 0 Å². The number of nitrogens with one attached hydrogen (secondary N) is 1. The molecule has 0 bridgehead atoms. The lowest BCUT2D eigenvalue weighted by molar-refractivity contribution is 0.507. The standard InChI is InChI=1S/C13H18ClN/c14-13-8-4-3-6-11(13)10-12-7-2-1-5-9-15-12/h3-4,6,8,12,15H,1-2,5,7,9-10H2. The molecule has 1 aromatic rings. The highest BCUT2D eigenvalue weighted by Gasteiger charge is 2.12. The Balaban J connectivity index is 1.98. The Morgan fingerprint density at radius 1 is 1.20 bits per heavy atom. The zero-order valence-corrected chi connectivity index (χ0v) is 9.76. The smallest absolute Gasteiger partial charge is 0.0438 e. The molecule has 1 N–H and O–H groups in total. The minimum absolute atomic E-state index is 0.618. The van der Waals surface area contributed by atoms with E-state index in [1.54, 1.807) is 0 Å². The molecule has 82 valence electrons. The van der Waals surface area contributed by atoms with Gasteiger partial charge in [0.05, 0.1) is 0 Å². The zero-order chi connectivity index (χ0) is 10.5. The molecular weight excluding hydrogens is 206 g/mol. The fourth-order valence-corrected chi connectivity index (χ4v) is 2.42. The number of hydrogen-bond acceptors (Lipinski definition) is 1. The molecule has 1 saturated heterocycles. The quantitative estimate of drug-likeness (QED) is 0.810. The first-order valence-corrected chi connectivity index (χ1v) is 6.21. The van der Waals surface area contributed by atoms with Crippen LogP contribution in [0.3, 0.4) is 0 Å². The van der Waals surface area contributed by atoms with Crippen LogP contribution in [-0.4, -0.2) is 12.6 Å². The number of hydrogen-bond donors (Lipinski definition) is 1. The van der Waals surface area contributed by atoms with Gasteiger partial charge in [0, 0.05) is 11.1 Å². The summed E-state index contributed by atoms with van der Waals surface area (Å²) in [5.41, 5.74) is 1.28. The van der Waals surface area contributed by atoms with Crippen LogP contribution in [0.1, 0.15) is 31.2 Å². The van der Waals surface area contributed by atoms with Crippen LogP contribution >= 0.6 is 11.6 Å². The van der Waals surface area contributed by atoms with Crippen molar-refractivity contribution in [3.63, 3.8) is 0 Å². The Hall–Kier alpha value is -0.530. The molecule has 0 saturated carbocycles. The first-order valence-electron chi connectivity index (χ1n) is 5.83. The number of benzene rings is 1. The first-order chi connectivity index (χ1) is 7.36. The topological polar surface area (TPSA) is 12.0 Å². The van der Waals surface area contributed by atoms with Crippen LogP contribution in [0.25, 0.3) is 0 Å². The Bertz CT molecular complexity index is 303. The van der Waals surface area contributed by atoms with Gasteiger partial charge in [0.2, 0.25) is 0 Å². The normalized spacial score (nSPS) is 22.3. The molecule has 1 aromatic carbocycles. The van der Waals surface area contributed by atoms with E-state index in [2.05, 4.69) is 17.4 Å². The van der Waals surface area contributed by atoms with Gasteiger partial charge in [-0.25, -0.2) is 0 Å². The summed E-state index contributed by atoms with van der Waals surface area (Å²) in [5.74, 6) is 0. The molecule has 1 unspecified atom stereocenters. The van der Waals surface area contributed by atoms with Crippen molar-refractivity contribution in [1.82, 2.24) is 5.32 Å². The lowest BCUT2D eigenvalue weighted by Gasteiger charge is -2.16. The fourth-order valence-electron chi connectivity index (χ4n) is 2.20. The van der Waals surface area contributed by atoms with Crippen LogP contribution in [0.5, 0.6) is 0 Å². The van der Waals surface area contributed by atoms with Crippen LogP contribution < -0.4 is 5.32 Å². The zero-order valence-electron chi connectivity index (χ0n) is 9.01. The minimum Gasteiger partial charge on any atom is -0.314 e. The second kappa shape index (κ2) is 5.53. The third kappa shape index (κ3) is 3.22. The average molecular weight is 224 g/mol. The van der Waals surface area contributed by atoms with E-state index in [1.807, 2.05) is 12.1 Å². The van der Waals surface area contributed by atoms with E-state index in [0.29, 0.717) is 6.04 Å². The summed E-state index contributed by atoms with van der Waals surface area (Å²) in [6.45, 7) is 1.16. The van der Waals surface area contributed by atoms with Crippen molar-refractivity contribution in [2.75, 3.05) is 6.54 Å². The maximum absolute atomic E-state index is 6.16. The van der Waals surface area contributed by atoms with E-state index in [-0.39, 0.29) is 0 Å². The van der Waals surface area contributed by atoms with E-state index >= 15 is 0 Å². The van der Waals surface area contributed by atoms with E-state index in [1.165, 1.54) is 31.2 Å². The third-order valence-electron chi connectivity index (χ3n) is 3.09. The van der Waals surface area contributed by atoms with Crippen molar-refractivity contribution in [1.29, 1.82) is 0 Å². The highest BCUT2D eigenvalue weighted by molar-refractivity contribution is 6.31. The molecule has 0 amide bonds. The molecule has 2 rings (SSSR count). The summed E-state index contributed by atoms with van der Waals surface area (Å²) in [6, 6.07) is 8.79. The molecule has 2 heteroatoms. The molecule has 1 fully saturated rings. The van der Waals surface area contributed by atoms with E-state index < -0.39 is 0 Å². The monoisotopic (exact) mass is 223 g/mol. The maximum atomic E-state index is 6.16. The maximum Gasteiger partial charge on any atom is 0.0438 e. The second-order valence-electron chi connectivity index (χ2n) is 4.30. The third-order valence-corrected chi connectivity index (χ3v) is 3.46. The molecule has 1 atom stereocenters. The molecule has 0 spiro atoms. The average Bonchev–Trinajstić information content (AvgIpc) is 2.50. The molecule has 0 aliphatic carbocycles.